The van der Waals surface area contributed by atoms with Gasteiger partial charge in [0.1, 0.15) is 12.4 Å². The van der Waals surface area contributed by atoms with Crippen LogP contribution in [0.15, 0.2) is 29.3 Å². The number of benzene rings is 1. The number of nitrogens with zero attached hydrogens (tertiary/aromatic N) is 9. The standard InChI is InChI=1S/C24H26N10O/c1-15-17-6-2-3-7-18(17)29-19(28-15)14-34-22(35)20-21(33-12-9-27-23(33)34)30-24(32(20)11-8-25)31-10-4-5-16(26)13-31/h2-3,6-7,16H,4-5,9-14,26H2,1H3/t16-/m1/s1. The fraction of sp³-hybridized carbons (Fsp3) is 0.417. The molecule has 2 aromatic heterocycles. The molecule has 11 heteroatoms. The maximum atomic E-state index is 13.9. The largest absolute Gasteiger partial charge is 0.341 e. The van der Waals surface area contributed by atoms with Crippen LogP contribution in [-0.2, 0) is 13.1 Å². The van der Waals surface area contributed by atoms with Gasteiger partial charge in [-0.05, 0) is 25.8 Å². The summed E-state index contributed by atoms with van der Waals surface area (Å²) in [5.41, 5.74) is 8.32. The number of imidazole rings is 1. The molecule has 1 atom stereocenters. The van der Waals surface area contributed by atoms with Crippen molar-refractivity contribution in [1.29, 1.82) is 5.26 Å². The Morgan fingerprint density at radius 3 is 2.89 bits per heavy atom. The van der Waals surface area contributed by atoms with E-state index in [1.165, 1.54) is 0 Å². The van der Waals surface area contributed by atoms with Gasteiger partial charge in [-0.3, -0.25) is 24.2 Å². The SMILES string of the molecule is Cc1nc(CN2C(=O)c3c(nc(N4CCC[C@@H](N)C4)n3CC#N)N3CCN=C23)nc2ccccc12. The lowest BCUT2D eigenvalue weighted by Crippen LogP contribution is -2.50. The van der Waals surface area contributed by atoms with Gasteiger partial charge in [0.2, 0.25) is 11.9 Å². The Kier molecular flexibility index (Phi) is 5.11. The number of carbonyl (C=O) groups is 1. The Labute approximate surface area is 202 Å². The molecule has 1 fully saturated rings. The first-order valence-corrected chi connectivity index (χ1v) is 11.9. The molecule has 3 aliphatic heterocycles. The Balaban J connectivity index is 1.42. The van der Waals surface area contributed by atoms with Gasteiger partial charge in [-0.2, -0.15) is 10.2 Å². The minimum Gasteiger partial charge on any atom is -0.341 e. The van der Waals surface area contributed by atoms with E-state index in [1.54, 1.807) is 9.47 Å². The fourth-order valence-corrected chi connectivity index (χ4v) is 5.22. The number of anilines is 2. The third-order valence-corrected chi connectivity index (χ3v) is 6.80. The van der Waals surface area contributed by atoms with Crippen LogP contribution >= 0.6 is 0 Å². The lowest BCUT2D eigenvalue weighted by atomic mass is 10.1. The van der Waals surface area contributed by atoms with Crippen molar-refractivity contribution in [3.8, 4) is 6.07 Å². The van der Waals surface area contributed by atoms with Crippen molar-refractivity contribution in [2.75, 3.05) is 36.0 Å². The number of amides is 1. The molecule has 11 nitrogen and oxygen atoms in total. The lowest BCUT2D eigenvalue weighted by Gasteiger charge is -2.33. The van der Waals surface area contributed by atoms with E-state index in [0.717, 1.165) is 36.0 Å². The van der Waals surface area contributed by atoms with E-state index in [4.69, 9.17) is 15.7 Å². The van der Waals surface area contributed by atoms with Gasteiger partial charge in [0, 0.05) is 36.8 Å². The molecule has 0 spiro atoms. The number of fused-ring (bicyclic) bond motifs is 4. The molecular formula is C24H26N10O. The molecule has 6 rings (SSSR count). The summed E-state index contributed by atoms with van der Waals surface area (Å²) in [7, 11) is 0. The smallest absolute Gasteiger partial charge is 0.281 e. The van der Waals surface area contributed by atoms with Crippen LogP contribution in [-0.4, -0.2) is 68.5 Å². The first-order valence-electron chi connectivity index (χ1n) is 11.9. The predicted molar refractivity (Wildman–Crippen MR) is 131 cm³/mol. The summed E-state index contributed by atoms with van der Waals surface area (Å²) in [5.74, 6) is 2.02. The molecule has 3 aliphatic rings. The number of nitriles is 1. The zero-order valence-electron chi connectivity index (χ0n) is 19.6. The maximum Gasteiger partial charge on any atom is 0.281 e. The third kappa shape index (κ3) is 3.49. The molecule has 0 radical (unpaired) electrons. The number of piperidine rings is 1. The number of guanidine groups is 1. The normalized spacial score (nSPS) is 19.6. The number of carbonyl (C=O) groups excluding carboxylic acids is 1. The zero-order chi connectivity index (χ0) is 24.1. The van der Waals surface area contributed by atoms with Crippen molar-refractivity contribution >= 4 is 34.5 Å². The molecular weight excluding hydrogens is 444 g/mol. The summed E-state index contributed by atoms with van der Waals surface area (Å²) in [4.78, 5) is 38.4. The second kappa shape index (κ2) is 8.32. The van der Waals surface area contributed by atoms with Gasteiger partial charge < -0.3 is 10.6 Å². The molecule has 0 bridgehead atoms. The van der Waals surface area contributed by atoms with Crippen LogP contribution in [0.2, 0.25) is 0 Å². The summed E-state index contributed by atoms with van der Waals surface area (Å²) in [6.07, 6.45) is 1.90. The van der Waals surface area contributed by atoms with Gasteiger partial charge in [-0.1, -0.05) is 18.2 Å². The van der Waals surface area contributed by atoms with Crippen LogP contribution in [0.3, 0.4) is 0 Å². The summed E-state index contributed by atoms with van der Waals surface area (Å²) >= 11 is 0. The second-order valence-electron chi connectivity index (χ2n) is 9.14. The van der Waals surface area contributed by atoms with Crippen LogP contribution < -0.4 is 15.5 Å². The van der Waals surface area contributed by atoms with Crippen molar-refractivity contribution in [3.63, 3.8) is 0 Å². The molecule has 1 saturated heterocycles. The van der Waals surface area contributed by atoms with E-state index >= 15 is 0 Å². The first kappa shape index (κ1) is 21.5. The van der Waals surface area contributed by atoms with E-state index in [0.29, 0.717) is 48.9 Å². The number of aromatic nitrogens is 4. The summed E-state index contributed by atoms with van der Waals surface area (Å²) in [6.45, 7) is 4.76. The van der Waals surface area contributed by atoms with Gasteiger partial charge in [0.15, 0.2) is 11.5 Å². The van der Waals surface area contributed by atoms with Gasteiger partial charge in [0.05, 0.1) is 24.7 Å². The molecule has 5 heterocycles. The summed E-state index contributed by atoms with van der Waals surface area (Å²) < 4.78 is 1.73. The van der Waals surface area contributed by atoms with E-state index in [1.807, 2.05) is 36.1 Å². The van der Waals surface area contributed by atoms with Crippen molar-refractivity contribution in [3.05, 3.63) is 41.5 Å². The maximum absolute atomic E-state index is 13.9. The van der Waals surface area contributed by atoms with Crippen LogP contribution in [0.25, 0.3) is 10.9 Å². The lowest BCUT2D eigenvalue weighted by molar-refractivity contribution is 0.0821. The van der Waals surface area contributed by atoms with Crippen molar-refractivity contribution in [1.82, 2.24) is 24.4 Å². The summed E-state index contributed by atoms with van der Waals surface area (Å²) in [5, 5.41) is 10.6. The van der Waals surface area contributed by atoms with Crippen LogP contribution in [0.5, 0.6) is 0 Å². The number of aliphatic imine (C=N–C) groups is 1. The number of nitrogens with two attached hydrogens (primary N) is 1. The third-order valence-electron chi connectivity index (χ3n) is 6.80. The van der Waals surface area contributed by atoms with Gasteiger partial charge >= 0.3 is 0 Å². The number of rotatable bonds is 4. The van der Waals surface area contributed by atoms with Crippen LogP contribution in [0.4, 0.5) is 11.8 Å². The molecule has 0 unspecified atom stereocenters. The Bertz CT molecular complexity index is 1400. The van der Waals surface area contributed by atoms with E-state index < -0.39 is 0 Å². The predicted octanol–water partition coefficient (Wildman–Crippen LogP) is 1.42. The highest BCUT2D eigenvalue weighted by Gasteiger charge is 2.43. The van der Waals surface area contributed by atoms with Crippen LogP contribution in [0.1, 0.15) is 34.8 Å². The topological polar surface area (TPSA) is 133 Å². The zero-order valence-corrected chi connectivity index (χ0v) is 19.6. The first-order chi connectivity index (χ1) is 17.0. The number of hydrogen-bond acceptors (Lipinski definition) is 9. The number of para-hydroxylation sites is 1. The molecule has 0 saturated carbocycles. The number of aryl methyl sites for hydroxylation is 1. The number of hydrogen-bond donors (Lipinski definition) is 1. The monoisotopic (exact) mass is 470 g/mol. The average molecular weight is 471 g/mol. The minimum atomic E-state index is -0.249. The Morgan fingerprint density at radius 1 is 1.20 bits per heavy atom. The molecule has 178 valence electrons. The van der Waals surface area contributed by atoms with Crippen LogP contribution in [0, 0.1) is 18.3 Å². The van der Waals surface area contributed by atoms with Crippen molar-refractivity contribution < 1.29 is 4.79 Å². The average Bonchev–Trinajstić information content (AvgIpc) is 3.48. The minimum absolute atomic E-state index is 0.0227. The highest BCUT2D eigenvalue weighted by molar-refractivity contribution is 6.18. The van der Waals surface area contributed by atoms with E-state index in [-0.39, 0.29) is 25.0 Å². The molecule has 0 aliphatic carbocycles. The Hall–Kier alpha value is -4.04. The summed E-state index contributed by atoms with van der Waals surface area (Å²) in [6, 6.07) is 10.1. The Morgan fingerprint density at radius 2 is 2.06 bits per heavy atom. The second-order valence-corrected chi connectivity index (χ2v) is 9.14. The molecule has 35 heavy (non-hydrogen) atoms. The fourth-order valence-electron chi connectivity index (χ4n) is 5.22. The van der Waals surface area contributed by atoms with Gasteiger partial charge in [-0.15, -0.1) is 0 Å². The highest BCUT2D eigenvalue weighted by Crippen LogP contribution is 2.35. The van der Waals surface area contributed by atoms with E-state index in [2.05, 4.69) is 20.9 Å². The van der Waals surface area contributed by atoms with Crippen molar-refractivity contribution in [2.45, 2.75) is 38.9 Å². The molecule has 1 amide bonds. The van der Waals surface area contributed by atoms with Gasteiger partial charge in [0.25, 0.3) is 5.91 Å². The van der Waals surface area contributed by atoms with Crippen molar-refractivity contribution in [2.24, 2.45) is 10.7 Å². The molecule has 2 N–H and O–H groups in total. The van der Waals surface area contributed by atoms with Gasteiger partial charge in [-0.25, -0.2) is 9.97 Å². The van der Waals surface area contributed by atoms with E-state index in [9.17, 15) is 10.1 Å². The molecule has 3 aromatic rings. The molecule has 1 aromatic carbocycles. The highest BCUT2D eigenvalue weighted by atomic mass is 16.2. The quantitative estimate of drug-likeness (QED) is 0.605.